The minimum Gasteiger partial charge on any atom is -0.507 e. The Kier molecular flexibility index (Phi) is 4.61. The number of phenolic OH excluding ortho intramolecular Hbond substituents is 1. The molecule has 15 heavy (non-hydrogen) atoms. The second-order valence-corrected chi connectivity index (χ2v) is 4.89. The lowest BCUT2D eigenvalue weighted by molar-refractivity contribution is 0.454. The highest BCUT2D eigenvalue weighted by Crippen LogP contribution is 2.29. The number of aryl methyl sites for hydroxylation is 1. The summed E-state index contributed by atoms with van der Waals surface area (Å²) in [6.07, 6.45) is 1.67. The molecular formula is C12H18BrNO. The SMILES string of the molecule is CCc1cc(Br)cc(CC(C)CN)c1O. The van der Waals surface area contributed by atoms with E-state index in [2.05, 4.69) is 22.9 Å². The molecule has 0 radical (unpaired) electrons. The van der Waals surface area contributed by atoms with Crippen LogP contribution in [-0.4, -0.2) is 11.7 Å². The van der Waals surface area contributed by atoms with E-state index in [1.54, 1.807) is 0 Å². The van der Waals surface area contributed by atoms with Gasteiger partial charge in [-0.15, -0.1) is 0 Å². The number of rotatable bonds is 4. The number of nitrogens with two attached hydrogens (primary N) is 1. The Morgan fingerprint density at radius 2 is 2.00 bits per heavy atom. The maximum Gasteiger partial charge on any atom is 0.122 e. The summed E-state index contributed by atoms with van der Waals surface area (Å²) in [6.45, 7) is 4.77. The van der Waals surface area contributed by atoms with Crippen molar-refractivity contribution in [1.82, 2.24) is 0 Å². The Morgan fingerprint density at radius 3 is 2.53 bits per heavy atom. The number of phenols is 1. The van der Waals surface area contributed by atoms with Gasteiger partial charge in [-0.3, -0.25) is 0 Å². The predicted octanol–water partition coefficient (Wildman–Crippen LogP) is 2.85. The fourth-order valence-electron chi connectivity index (χ4n) is 1.60. The number of halogens is 1. The first-order chi connectivity index (χ1) is 7.08. The number of hydrogen-bond donors (Lipinski definition) is 2. The van der Waals surface area contributed by atoms with E-state index in [1.165, 1.54) is 0 Å². The second kappa shape index (κ2) is 5.52. The molecule has 1 rings (SSSR count). The Balaban J connectivity index is 3.01. The summed E-state index contributed by atoms with van der Waals surface area (Å²) in [6, 6.07) is 3.94. The highest BCUT2D eigenvalue weighted by molar-refractivity contribution is 9.10. The van der Waals surface area contributed by atoms with Crippen molar-refractivity contribution < 1.29 is 5.11 Å². The minimum atomic E-state index is 0.398. The number of benzene rings is 1. The van der Waals surface area contributed by atoms with Crippen molar-refractivity contribution in [2.24, 2.45) is 11.7 Å². The smallest absolute Gasteiger partial charge is 0.122 e. The second-order valence-electron chi connectivity index (χ2n) is 3.97. The quantitative estimate of drug-likeness (QED) is 0.885. The van der Waals surface area contributed by atoms with Crippen LogP contribution in [-0.2, 0) is 12.8 Å². The third-order valence-corrected chi connectivity index (χ3v) is 3.04. The van der Waals surface area contributed by atoms with Crippen LogP contribution in [0.1, 0.15) is 25.0 Å². The van der Waals surface area contributed by atoms with Crippen molar-refractivity contribution in [1.29, 1.82) is 0 Å². The van der Waals surface area contributed by atoms with Gasteiger partial charge in [-0.05, 0) is 48.6 Å². The summed E-state index contributed by atoms with van der Waals surface area (Å²) >= 11 is 3.46. The van der Waals surface area contributed by atoms with Crippen LogP contribution >= 0.6 is 15.9 Å². The van der Waals surface area contributed by atoms with E-state index < -0.39 is 0 Å². The third-order valence-electron chi connectivity index (χ3n) is 2.58. The Morgan fingerprint density at radius 1 is 1.40 bits per heavy atom. The van der Waals surface area contributed by atoms with E-state index in [1.807, 2.05) is 19.1 Å². The van der Waals surface area contributed by atoms with Crippen molar-refractivity contribution in [2.45, 2.75) is 26.7 Å². The summed E-state index contributed by atoms with van der Waals surface area (Å²) < 4.78 is 1.02. The van der Waals surface area contributed by atoms with Crippen molar-refractivity contribution >= 4 is 15.9 Å². The summed E-state index contributed by atoms with van der Waals surface area (Å²) in [5, 5.41) is 10.00. The molecule has 2 nitrogen and oxygen atoms in total. The molecule has 1 aromatic carbocycles. The molecule has 1 aromatic rings. The third kappa shape index (κ3) is 3.21. The van der Waals surface area contributed by atoms with Crippen LogP contribution < -0.4 is 5.73 Å². The van der Waals surface area contributed by atoms with E-state index in [-0.39, 0.29) is 0 Å². The zero-order valence-corrected chi connectivity index (χ0v) is 10.8. The van der Waals surface area contributed by atoms with Gasteiger partial charge in [0.2, 0.25) is 0 Å². The topological polar surface area (TPSA) is 46.2 Å². The van der Waals surface area contributed by atoms with Crippen molar-refractivity contribution in [3.8, 4) is 5.75 Å². The predicted molar refractivity (Wildman–Crippen MR) is 67.1 cm³/mol. The summed E-state index contributed by atoms with van der Waals surface area (Å²) in [7, 11) is 0. The Labute approximate surface area is 99.6 Å². The molecule has 3 N–H and O–H groups in total. The van der Waals surface area contributed by atoms with Gasteiger partial charge < -0.3 is 10.8 Å². The van der Waals surface area contributed by atoms with Crippen LogP contribution in [0.4, 0.5) is 0 Å². The standard InChI is InChI=1S/C12H18BrNO/c1-3-9-5-11(13)6-10(12(9)15)4-8(2)7-14/h5-6,8,15H,3-4,7,14H2,1-2H3. The molecule has 0 aliphatic carbocycles. The molecule has 0 fully saturated rings. The van der Waals surface area contributed by atoms with E-state index in [0.717, 1.165) is 28.4 Å². The average molecular weight is 272 g/mol. The first-order valence-electron chi connectivity index (χ1n) is 5.28. The van der Waals surface area contributed by atoms with Gasteiger partial charge in [-0.25, -0.2) is 0 Å². The number of hydrogen-bond acceptors (Lipinski definition) is 2. The highest BCUT2D eigenvalue weighted by atomic mass is 79.9. The van der Waals surface area contributed by atoms with E-state index in [0.29, 0.717) is 18.2 Å². The normalized spacial score (nSPS) is 12.8. The van der Waals surface area contributed by atoms with Gasteiger partial charge in [0, 0.05) is 4.47 Å². The molecule has 0 aromatic heterocycles. The van der Waals surface area contributed by atoms with Crippen LogP contribution in [0.15, 0.2) is 16.6 Å². The molecule has 0 bridgehead atoms. The molecule has 3 heteroatoms. The zero-order chi connectivity index (χ0) is 11.4. The first kappa shape index (κ1) is 12.5. The molecule has 0 spiro atoms. The van der Waals surface area contributed by atoms with Crippen LogP contribution in [0.2, 0.25) is 0 Å². The van der Waals surface area contributed by atoms with Crippen LogP contribution in [0.25, 0.3) is 0 Å². The lowest BCUT2D eigenvalue weighted by Gasteiger charge is -2.13. The molecule has 1 atom stereocenters. The van der Waals surface area contributed by atoms with Crippen LogP contribution in [0.3, 0.4) is 0 Å². The monoisotopic (exact) mass is 271 g/mol. The summed E-state index contributed by atoms with van der Waals surface area (Å²) in [4.78, 5) is 0. The van der Waals surface area contributed by atoms with E-state index in [9.17, 15) is 5.11 Å². The molecule has 0 amide bonds. The summed E-state index contributed by atoms with van der Waals surface area (Å²) in [5.74, 6) is 0.830. The maximum absolute atomic E-state index is 10.00. The van der Waals surface area contributed by atoms with E-state index >= 15 is 0 Å². The minimum absolute atomic E-state index is 0.398. The molecule has 84 valence electrons. The van der Waals surface area contributed by atoms with Gasteiger partial charge in [-0.2, -0.15) is 0 Å². The molecule has 0 saturated heterocycles. The van der Waals surface area contributed by atoms with Gasteiger partial charge in [-0.1, -0.05) is 29.8 Å². The molecule has 0 saturated carbocycles. The molecule has 1 unspecified atom stereocenters. The summed E-state index contributed by atoms with van der Waals surface area (Å²) in [5.41, 5.74) is 7.56. The van der Waals surface area contributed by atoms with Crippen molar-refractivity contribution in [2.75, 3.05) is 6.54 Å². The maximum atomic E-state index is 10.00. The highest BCUT2D eigenvalue weighted by Gasteiger charge is 2.10. The van der Waals surface area contributed by atoms with Gasteiger partial charge in [0.25, 0.3) is 0 Å². The first-order valence-corrected chi connectivity index (χ1v) is 6.08. The zero-order valence-electron chi connectivity index (χ0n) is 9.26. The molecular weight excluding hydrogens is 254 g/mol. The average Bonchev–Trinajstić information content (AvgIpc) is 2.22. The fraction of sp³-hybridized carbons (Fsp3) is 0.500. The fourth-order valence-corrected chi connectivity index (χ4v) is 2.15. The Hall–Kier alpha value is -0.540. The molecule has 0 heterocycles. The van der Waals surface area contributed by atoms with Gasteiger partial charge in [0.15, 0.2) is 0 Å². The largest absolute Gasteiger partial charge is 0.507 e. The molecule has 0 aliphatic rings. The van der Waals surface area contributed by atoms with E-state index in [4.69, 9.17) is 5.73 Å². The Bertz CT molecular complexity index is 339. The van der Waals surface area contributed by atoms with Gasteiger partial charge >= 0.3 is 0 Å². The van der Waals surface area contributed by atoms with Crippen LogP contribution in [0.5, 0.6) is 5.75 Å². The molecule has 0 aliphatic heterocycles. The van der Waals surface area contributed by atoms with Gasteiger partial charge in [0.05, 0.1) is 0 Å². The van der Waals surface area contributed by atoms with Gasteiger partial charge in [0.1, 0.15) is 5.75 Å². The lowest BCUT2D eigenvalue weighted by Crippen LogP contribution is -2.13. The van der Waals surface area contributed by atoms with Crippen LogP contribution in [0, 0.1) is 5.92 Å². The lowest BCUT2D eigenvalue weighted by atomic mass is 9.97. The van der Waals surface area contributed by atoms with Crippen molar-refractivity contribution in [3.05, 3.63) is 27.7 Å². The number of aromatic hydroxyl groups is 1. The van der Waals surface area contributed by atoms with Crippen molar-refractivity contribution in [3.63, 3.8) is 0 Å².